The maximum atomic E-state index is 13.6. The van der Waals surface area contributed by atoms with Gasteiger partial charge in [0.25, 0.3) is 0 Å². The van der Waals surface area contributed by atoms with Gasteiger partial charge < -0.3 is 15.1 Å². The van der Waals surface area contributed by atoms with E-state index in [1.54, 1.807) is 0 Å². The number of piperazine rings is 1. The Morgan fingerprint density at radius 3 is 2.39 bits per heavy atom. The molecular weight excluding hydrogens is 450 g/mol. The Morgan fingerprint density at radius 2 is 1.69 bits per heavy atom. The number of amides is 3. The van der Waals surface area contributed by atoms with Crippen molar-refractivity contribution < 1.29 is 14.4 Å². The van der Waals surface area contributed by atoms with E-state index < -0.39 is 6.04 Å². The first-order valence-electron chi connectivity index (χ1n) is 14.4. The van der Waals surface area contributed by atoms with E-state index >= 15 is 0 Å². The summed E-state index contributed by atoms with van der Waals surface area (Å²) in [6.45, 7) is 5.83. The molecule has 1 aliphatic carbocycles. The van der Waals surface area contributed by atoms with E-state index in [0.717, 1.165) is 24.8 Å². The summed E-state index contributed by atoms with van der Waals surface area (Å²) < 4.78 is 0. The molecule has 200 valence electrons. The number of carbonyl (C=O) groups is 3. The molecule has 0 aromatic heterocycles. The van der Waals surface area contributed by atoms with Gasteiger partial charge in [-0.15, -0.1) is 0 Å². The van der Waals surface area contributed by atoms with E-state index in [9.17, 15) is 14.4 Å². The van der Waals surface area contributed by atoms with Gasteiger partial charge in [0.1, 0.15) is 6.04 Å². The number of nitrogens with zero attached hydrogens (tertiary/aromatic N) is 2. The van der Waals surface area contributed by atoms with Gasteiger partial charge in [-0.1, -0.05) is 88.6 Å². The SMILES string of the molecule is CCCCCCCC(=O)N1CCN(C(=O)C(Cc2ccccc2)NC(=O)CCC2CCCC2)CC1C. The zero-order chi connectivity index (χ0) is 25.8. The van der Waals surface area contributed by atoms with Crippen LogP contribution in [0.25, 0.3) is 0 Å². The molecule has 1 aromatic rings. The van der Waals surface area contributed by atoms with Crippen LogP contribution in [0.2, 0.25) is 0 Å². The van der Waals surface area contributed by atoms with E-state index in [0.29, 0.717) is 44.8 Å². The Kier molecular flexibility index (Phi) is 11.8. The molecule has 6 heteroatoms. The van der Waals surface area contributed by atoms with Crippen LogP contribution >= 0.6 is 0 Å². The van der Waals surface area contributed by atoms with Crippen molar-refractivity contribution in [1.29, 1.82) is 0 Å². The van der Waals surface area contributed by atoms with Crippen LogP contribution in [0.3, 0.4) is 0 Å². The summed E-state index contributed by atoms with van der Waals surface area (Å²) >= 11 is 0. The lowest BCUT2D eigenvalue weighted by atomic mass is 10.0. The van der Waals surface area contributed by atoms with Gasteiger partial charge in [-0.05, 0) is 31.2 Å². The molecular formula is C30H47N3O3. The monoisotopic (exact) mass is 497 g/mol. The van der Waals surface area contributed by atoms with Crippen molar-refractivity contribution in [2.45, 2.75) is 109 Å². The molecule has 2 atom stereocenters. The van der Waals surface area contributed by atoms with Crippen LogP contribution in [0, 0.1) is 5.92 Å². The van der Waals surface area contributed by atoms with Crippen molar-refractivity contribution in [3.05, 3.63) is 35.9 Å². The van der Waals surface area contributed by atoms with Crippen LogP contribution in [-0.4, -0.2) is 59.2 Å². The van der Waals surface area contributed by atoms with Crippen molar-refractivity contribution in [2.24, 2.45) is 5.92 Å². The van der Waals surface area contributed by atoms with Crippen LogP contribution in [0.5, 0.6) is 0 Å². The number of carbonyl (C=O) groups excluding carboxylic acids is 3. The molecule has 3 rings (SSSR count). The van der Waals surface area contributed by atoms with Crippen LogP contribution < -0.4 is 5.32 Å². The third-order valence-corrected chi connectivity index (χ3v) is 7.92. The van der Waals surface area contributed by atoms with E-state index in [4.69, 9.17) is 0 Å². The minimum Gasteiger partial charge on any atom is -0.344 e. The van der Waals surface area contributed by atoms with E-state index in [2.05, 4.69) is 12.2 Å². The zero-order valence-electron chi connectivity index (χ0n) is 22.6. The smallest absolute Gasteiger partial charge is 0.245 e. The first-order valence-corrected chi connectivity index (χ1v) is 14.4. The fourth-order valence-corrected chi connectivity index (χ4v) is 5.72. The maximum absolute atomic E-state index is 13.6. The highest BCUT2D eigenvalue weighted by Gasteiger charge is 2.33. The quantitative estimate of drug-likeness (QED) is 0.385. The van der Waals surface area contributed by atoms with E-state index in [-0.39, 0.29) is 23.8 Å². The number of hydrogen-bond donors (Lipinski definition) is 1. The normalized spacial score (nSPS) is 19.3. The maximum Gasteiger partial charge on any atom is 0.245 e. The molecule has 1 saturated carbocycles. The van der Waals surface area contributed by atoms with Gasteiger partial charge in [-0.25, -0.2) is 0 Å². The summed E-state index contributed by atoms with van der Waals surface area (Å²) in [5, 5.41) is 3.07. The predicted molar refractivity (Wildman–Crippen MR) is 144 cm³/mol. The summed E-state index contributed by atoms with van der Waals surface area (Å²) in [5.41, 5.74) is 1.04. The molecule has 0 radical (unpaired) electrons. The Labute approximate surface area is 218 Å². The number of unbranched alkanes of at least 4 members (excludes halogenated alkanes) is 4. The molecule has 3 amide bonds. The lowest BCUT2D eigenvalue weighted by Crippen LogP contribution is -2.59. The molecule has 36 heavy (non-hydrogen) atoms. The average molecular weight is 498 g/mol. The molecule has 0 spiro atoms. The first kappa shape index (κ1) is 28.2. The number of rotatable bonds is 13. The largest absolute Gasteiger partial charge is 0.344 e. The van der Waals surface area contributed by atoms with Gasteiger partial charge in [-0.3, -0.25) is 14.4 Å². The van der Waals surface area contributed by atoms with Gasteiger partial charge in [0.05, 0.1) is 0 Å². The fourth-order valence-electron chi connectivity index (χ4n) is 5.72. The van der Waals surface area contributed by atoms with Gasteiger partial charge >= 0.3 is 0 Å². The summed E-state index contributed by atoms with van der Waals surface area (Å²) in [6, 6.07) is 9.32. The fraction of sp³-hybridized carbons (Fsp3) is 0.700. The summed E-state index contributed by atoms with van der Waals surface area (Å²) in [4.78, 5) is 43.0. The van der Waals surface area contributed by atoms with E-state index in [1.807, 2.05) is 47.1 Å². The summed E-state index contributed by atoms with van der Waals surface area (Å²) in [7, 11) is 0. The highest BCUT2D eigenvalue weighted by Crippen LogP contribution is 2.28. The van der Waals surface area contributed by atoms with Gasteiger partial charge in [-0.2, -0.15) is 0 Å². The van der Waals surface area contributed by atoms with Gasteiger partial charge in [0, 0.05) is 44.9 Å². The molecule has 1 aromatic carbocycles. The standard InChI is InChI=1S/C30H47N3O3/c1-3-4-5-6-10-17-29(35)33-21-20-32(23-24(33)2)30(36)27(22-26-15-8-7-9-16-26)31-28(34)19-18-25-13-11-12-14-25/h7-9,15-16,24-25,27H,3-6,10-14,17-23H2,1-2H3,(H,31,34). The topological polar surface area (TPSA) is 69.7 Å². The van der Waals surface area contributed by atoms with Crippen molar-refractivity contribution in [3.8, 4) is 0 Å². The molecule has 0 bridgehead atoms. The highest BCUT2D eigenvalue weighted by molar-refractivity contribution is 5.88. The number of benzene rings is 1. The zero-order valence-corrected chi connectivity index (χ0v) is 22.6. The molecule has 1 saturated heterocycles. The Hall–Kier alpha value is -2.37. The number of nitrogens with one attached hydrogen (secondary N) is 1. The lowest BCUT2D eigenvalue weighted by molar-refractivity contribution is -0.144. The number of hydrogen-bond acceptors (Lipinski definition) is 3. The first-order chi connectivity index (χ1) is 17.5. The van der Waals surface area contributed by atoms with Crippen molar-refractivity contribution >= 4 is 17.7 Å². The van der Waals surface area contributed by atoms with Crippen LogP contribution in [0.1, 0.15) is 96.5 Å². The summed E-state index contributed by atoms with van der Waals surface area (Å²) in [5.74, 6) is 0.789. The third kappa shape index (κ3) is 8.94. The van der Waals surface area contributed by atoms with Crippen LogP contribution in [-0.2, 0) is 20.8 Å². The second-order valence-corrected chi connectivity index (χ2v) is 10.9. The van der Waals surface area contributed by atoms with Gasteiger partial charge in [0.15, 0.2) is 0 Å². The summed E-state index contributed by atoms with van der Waals surface area (Å²) in [6.07, 6.45) is 13.1. The molecule has 6 nitrogen and oxygen atoms in total. The Bertz CT molecular complexity index is 822. The molecule has 2 aliphatic rings. The molecule has 1 aliphatic heterocycles. The average Bonchev–Trinajstić information content (AvgIpc) is 3.41. The lowest BCUT2D eigenvalue weighted by Gasteiger charge is -2.41. The van der Waals surface area contributed by atoms with Crippen LogP contribution in [0.15, 0.2) is 30.3 Å². The predicted octanol–water partition coefficient (Wildman–Crippen LogP) is 5.10. The molecule has 1 heterocycles. The Balaban J connectivity index is 1.54. The minimum absolute atomic E-state index is 0.0127. The third-order valence-electron chi connectivity index (χ3n) is 7.92. The van der Waals surface area contributed by atoms with Crippen molar-refractivity contribution in [2.75, 3.05) is 19.6 Å². The van der Waals surface area contributed by atoms with Crippen molar-refractivity contribution in [3.63, 3.8) is 0 Å². The second kappa shape index (κ2) is 15.0. The Morgan fingerprint density at radius 1 is 0.972 bits per heavy atom. The highest BCUT2D eigenvalue weighted by atomic mass is 16.2. The van der Waals surface area contributed by atoms with Gasteiger partial charge in [0.2, 0.25) is 17.7 Å². The minimum atomic E-state index is -0.573. The molecule has 1 N–H and O–H groups in total. The van der Waals surface area contributed by atoms with Crippen molar-refractivity contribution in [1.82, 2.24) is 15.1 Å². The second-order valence-electron chi connectivity index (χ2n) is 10.9. The molecule has 2 unspecified atom stereocenters. The van der Waals surface area contributed by atoms with E-state index in [1.165, 1.54) is 44.9 Å². The molecule has 2 fully saturated rings. The van der Waals surface area contributed by atoms with Crippen LogP contribution in [0.4, 0.5) is 0 Å².